The number of fused-ring (bicyclic) bond motifs is 1. The molecule has 16 heavy (non-hydrogen) atoms. The van der Waals surface area contributed by atoms with Crippen LogP contribution in [0, 0.1) is 10.1 Å². The lowest BCUT2D eigenvalue weighted by Gasteiger charge is -2.03. The zero-order chi connectivity index (χ0) is 11.7. The number of nitro benzene ring substituents is 1. The largest absolute Gasteiger partial charge is 0.361 e. The highest BCUT2D eigenvalue weighted by Gasteiger charge is 2.16. The summed E-state index contributed by atoms with van der Waals surface area (Å²) in [5.41, 5.74) is 0.760. The standard InChI is InChI=1S/C10H9N3O3/c1-6(14)12-9-4-7-2-3-11-8(7)5-10(9)13(15)16/h2-5,11H,1H3,(H,12,14). The van der Waals surface area contributed by atoms with Crippen molar-refractivity contribution in [3.05, 3.63) is 34.5 Å². The second-order valence-corrected chi connectivity index (χ2v) is 3.37. The fourth-order valence-corrected chi connectivity index (χ4v) is 1.53. The summed E-state index contributed by atoms with van der Waals surface area (Å²) in [4.78, 5) is 24.1. The van der Waals surface area contributed by atoms with Gasteiger partial charge in [-0.2, -0.15) is 0 Å². The van der Waals surface area contributed by atoms with Crippen LogP contribution in [0.25, 0.3) is 10.9 Å². The van der Waals surface area contributed by atoms with Crippen LogP contribution < -0.4 is 5.32 Å². The Hall–Kier alpha value is -2.37. The van der Waals surface area contributed by atoms with Crippen molar-refractivity contribution in [2.24, 2.45) is 0 Å². The number of hydrogen-bond donors (Lipinski definition) is 2. The van der Waals surface area contributed by atoms with Crippen molar-refractivity contribution in [2.45, 2.75) is 6.92 Å². The maximum Gasteiger partial charge on any atom is 0.294 e. The van der Waals surface area contributed by atoms with Gasteiger partial charge in [0, 0.05) is 24.6 Å². The minimum absolute atomic E-state index is 0.120. The molecule has 2 aromatic rings. The van der Waals surface area contributed by atoms with Gasteiger partial charge in [0.05, 0.1) is 10.4 Å². The molecule has 0 aliphatic carbocycles. The normalized spacial score (nSPS) is 10.3. The maximum atomic E-state index is 10.9. The van der Waals surface area contributed by atoms with Crippen LogP contribution in [0.5, 0.6) is 0 Å². The Balaban J connectivity index is 2.62. The Morgan fingerprint density at radius 1 is 1.50 bits per heavy atom. The number of aromatic nitrogens is 1. The van der Waals surface area contributed by atoms with Crippen LogP contribution in [0.2, 0.25) is 0 Å². The van der Waals surface area contributed by atoms with Crippen LogP contribution in [0.3, 0.4) is 0 Å². The predicted molar refractivity (Wildman–Crippen MR) is 59.3 cm³/mol. The first-order valence-corrected chi connectivity index (χ1v) is 4.61. The van der Waals surface area contributed by atoms with E-state index in [1.165, 1.54) is 13.0 Å². The molecule has 0 radical (unpaired) electrons. The number of benzene rings is 1. The molecular weight excluding hydrogens is 210 g/mol. The quantitative estimate of drug-likeness (QED) is 0.598. The summed E-state index contributed by atoms with van der Waals surface area (Å²) >= 11 is 0. The van der Waals surface area contributed by atoms with Crippen LogP contribution in [0.15, 0.2) is 24.4 Å². The lowest BCUT2D eigenvalue weighted by Crippen LogP contribution is -2.07. The maximum absolute atomic E-state index is 10.9. The molecule has 1 aromatic heterocycles. The summed E-state index contributed by atoms with van der Waals surface area (Å²) in [6, 6.07) is 4.76. The monoisotopic (exact) mass is 219 g/mol. The SMILES string of the molecule is CC(=O)Nc1cc2cc[nH]c2cc1[N+](=O)[O-]. The third-order valence-electron chi connectivity index (χ3n) is 2.18. The van der Waals surface area contributed by atoms with E-state index in [0.717, 1.165) is 5.39 Å². The molecule has 6 nitrogen and oxygen atoms in total. The Kier molecular flexibility index (Phi) is 2.32. The van der Waals surface area contributed by atoms with E-state index >= 15 is 0 Å². The van der Waals surface area contributed by atoms with Crippen LogP contribution in [0.4, 0.5) is 11.4 Å². The minimum Gasteiger partial charge on any atom is -0.361 e. The van der Waals surface area contributed by atoms with Gasteiger partial charge in [-0.1, -0.05) is 0 Å². The smallest absolute Gasteiger partial charge is 0.294 e. The highest BCUT2D eigenvalue weighted by atomic mass is 16.6. The number of rotatable bonds is 2. The zero-order valence-corrected chi connectivity index (χ0v) is 8.48. The first-order valence-electron chi connectivity index (χ1n) is 4.61. The molecule has 0 unspecified atom stereocenters. The van der Waals surface area contributed by atoms with Crippen LogP contribution in [0.1, 0.15) is 6.92 Å². The molecule has 1 aromatic carbocycles. The van der Waals surface area contributed by atoms with E-state index in [-0.39, 0.29) is 17.3 Å². The molecule has 0 saturated carbocycles. The predicted octanol–water partition coefficient (Wildman–Crippen LogP) is 2.03. The van der Waals surface area contributed by atoms with Crippen LogP contribution in [-0.2, 0) is 4.79 Å². The van der Waals surface area contributed by atoms with Gasteiger partial charge in [0.1, 0.15) is 5.69 Å². The summed E-state index contributed by atoms with van der Waals surface area (Å²) < 4.78 is 0. The van der Waals surface area contributed by atoms with Gasteiger partial charge in [0.25, 0.3) is 5.69 Å². The molecule has 2 N–H and O–H groups in total. The Morgan fingerprint density at radius 2 is 2.25 bits per heavy atom. The lowest BCUT2D eigenvalue weighted by atomic mass is 10.2. The minimum atomic E-state index is -0.522. The van der Waals surface area contributed by atoms with E-state index in [1.54, 1.807) is 18.3 Å². The van der Waals surface area contributed by atoms with Crippen LogP contribution in [-0.4, -0.2) is 15.8 Å². The molecule has 1 heterocycles. The van der Waals surface area contributed by atoms with E-state index in [1.807, 2.05) is 0 Å². The number of amides is 1. The van der Waals surface area contributed by atoms with Gasteiger partial charge in [-0.15, -0.1) is 0 Å². The molecule has 0 bridgehead atoms. The molecule has 0 aliphatic heterocycles. The molecule has 0 spiro atoms. The lowest BCUT2D eigenvalue weighted by molar-refractivity contribution is -0.383. The molecule has 0 atom stereocenters. The molecule has 0 saturated heterocycles. The summed E-state index contributed by atoms with van der Waals surface area (Å²) in [6.07, 6.45) is 1.69. The molecule has 0 aliphatic rings. The number of nitrogens with one attached hydrogen (secondary N) is 2. The van der Waals surface area contributed by atoms with Crippen molar-refractivity contribution in [1.82, 2.24) is 4.98 Å². The molecule has 2 rings (SSSR count). The van der Waals surface area contributed by atoms with Crippen molar-refractivity contribution in [3.63, 3.8) is 0 Å². The van der Waals surface area contributed by atoms with Crippen LogP contribution >= 0.6 is 0 Å². The number of nitrogens with zero attached hydrogens (tertiary/aromatic N) is 1. The number of carbonyl (C=O) groups is 1. The van der Waals surface area contributed by atoms with Crippen molar-refractivity contribution in [3.8, 4) is 0 Å². The van der Waals surface area contributed by atoms with Crippen molar-refractivity contribution in [2.75, 3.05) is 5.32 Å². The highest BCUT2D eigenvalue weighted by molar-refractivity contribution is 5.96. The zero-order valence-electron chi connectivity index (χ0n) is 8.48. The molecule has 82 valence electrons. The first-order chi connectivity index (χ1) is 7.58. The number of hydrogen-bond acceptors (Lipinski definition) is 3. The fraction of sp³-hybridized carbons (Fsp3) is 0.100. The third-order valence-corrected chi connectivity index (χ3v) is 2.18. The van der Waals surface area contributed by atoms with Gasteiger partial charge in [-0.05, 0) is 12.1 Å². The highest BCUT2D eigenvalue weighted by Crippen LogP contribution is 2.29. The number of carbonyl (C=O) groups excluding carboxylic acids is 1. The summed E-state index contributed by atoms with van der Waals surface area (Å²) in [5, 5.41) is 14.1. The van der Waals surface area contributed by atoms with E-state index < -0.39 is 4.92 Å². The number of nitro groups is 1. The van der Waals surface area contributed by atoms with E-state index in [4.69, 9.17) is 0 Å². The summed E-state index contributed by atoms with van der Waals surface area (Å²) in [5.74, 6) is -0.335. The number of anilines is 1. The van der Waals surface area contributed by atoms with E-state index in [2.05, 4.69) is 10.3 Å². The van der Waals surface area contributed by atoms with E-state index in [0.29, 0.717) is 5.52 Å². The van der Waals surface area contributed by atoms with Gasteiger partial charge in [-0.3, -0.25) is 14.9 Å². The van der Waals surface area contributed by atoms with Gasteiger partial charge >= 0.3 is 0 Å². The topological polar surface area (TPSA) is 88.0 Å². The number of H-pyrrole nitrogens is 1. The third kappa shape index (κ3) is 1.72. The van der Waals surface area contributed by atoms with E-state index in [9.17, 15) is 14.9 Å². The number of aromatic amines is 1. The second-order valence-electron chi connectivity index (χ2n) is 3.37. The van der Waals surface area contributed by atoms with Crippen molar-refractivity contribution >= 4 is 28.2 Å². The molecular formula is C10H9N3O3. The first kappa shape index (κ1) is 10.2. The Bertz CT molecular complexity index is 574. The van der Waals surface area contributed by atoms with Gasteiger partial charge < -0.3 is 10.3 Å². The summed E-state index contributed by atoms with van der Waals surface area (Å²) in [6.45, 7) is 1.31. The fourth-order valence-electron chi connectivity index (χ4n) is 1.53. The molecule has 0 fully saturated rings. The average molecular weight is 219 g/mol. The van der Waals surface area contributed by atoms with Gasteiger partial charge in [-0.25, -0.2) is 0 Å². The molecule has 6 heteroatoms. The Labute approximate surface area is 90.4 Å². The molecule has 1 amide bonds. The van der Waals surface area contributed by atoms with Gasteiger partial charge in [0.15, 0.2) is 0 Å². The average Bonchev–Trinajstić information content (AvgIpc) is 2.62. The Morgan fingerprint density at radius 3 is 2.88 bits per heavy atom. The van der Waals surface area contributed by atoms with Gasteiger partial charge in [0.2, 0.25) is 5.91 Å². The second kappa shape index (κ2) is 3.65. The van der Waals surface area contributed by atoms with Crippen molar-refractivity contribution in [1.29, 1.82) is 0 Å². The van der Waals surface area contributed by atoms with Crippen molar-refractivity contribution < 1.29 is 9.72 Å². The summed E-state index contributed by atoms with van der Waals surface area (Å²) in [7, 11) is 0.